The molecule has 0 aromatic heterocycles. The largest absolute Gasteiger partial charge is 0.394 e. The van der Waals surface area contributed by atoms with Crippen molar-refractivity contribution in [1.29, 1.82) is 0 Å². The second-order valence-electron chi connectivity index (χ2n) is 5.19. The Morgan fingerprint density at radius 1 is 1.22 bits per heavy atom. The highest BCUT2D eigenvalue weighted by molar-refractivity contribution is 5.86. The van der Waals surface area contributed by atoms with Gasteiger partial charge in [-0.3, -0.25) is 4.79 Å². The summed E-state index contributed by atoms with van der Waals surface area (Å²) in [6, 6.07) is 9.46. The molecule has 0 saturated heterocycles. The molecule has 4 nitrogen and oxygen atoms in total. The molecule has 1 unspecified atom stereocenters. The lowest BCUT2D eigenvalue weighted by Gasteiger charge is -2.33. The lowest BCUT2D eigenvalue weighted by molar-refractivity contribution is -0.128. The predicted octanol–water partition coefficient (Wildman–Crippen LogP) is 1.01. The smallest absolute Gasteiger partial charge is 0.240 e. The molecule has 0 spiro atoms. The Kier molecular flexibility index (Phi) is 4.48. The van der Waals surface area contributed by atoms with E-state index in [0.29, 0.717) is 0 Å². The fraction of sp³-hybridized carbons (Fsp3) is 0.500. The van der Waals surface area contributed by atoms with Gasteiger partial charge in [0.05, 0.1) is 17.7 Å². The van der Waals surface area contributed by atoms with Gasteiger partial charge in [0.2, 0.25) is 5.91 Å². The summed E-state index contributed by atoms with van der Waals surface area (Å²) in [5.41, 5.74) is -0.565. The average molecular weight is 250 g/mol. The fourth-order valence-corrected chi connectivity index (χ4v) is 1.53. The number of carbonyl (C=O) groups excluding carboxylic acids is 1. The minimum Gasteiger partial charge on any atom is -0.394 e. The predicted molar refractivity (Wildman–Crippen MR) is 72.2 cm³/mol. The maximum absolute atomic E-state index is 12.2. The molecular weight excluding hydrogens is 228 g/mol. The van der Waals surface area contributed by atoms with E-state index >= 15 is 0 Å². The van der Waals surface area contributed by atoms with Crippen LogP contribution in [0.3, 0.4) is 0 Å². The van der Waals surface area contributed by atoms with Crippen molar-refractivity contribution in [3.05, 3.63) is 35.9 Å². The molecule has 0 saturated carbocycles. The van der Waals surface area contributed by atoms with Gasteiger partial charge in [-0.1, -0.05) is 30.3 Å². The first-order valence-electron chi connectivity index (χ1n) is 6.03. The number of aliphatic hydroxyl groups is 1. The van der Waals surface area contributed by atoms with E-state index in [1.54, 1.807) is 20.9 Å². The molecule has 1 rings (SSSR count). The minimum absolute atomic E-state index is 0.148. The topological polar surface area (TPSA) is 61.4 Å². The van der Waals surface area contributed by atoms with Crippen LogP contribution in [0.2, 0.25) is 0 Å². The molecule has 1 aromatic rings. The van der Waals surface area contributed by atoms with Crippen LogP contribution < -0.4 is 10.6 Å². The molecule has 100 valence electrons. The molecule has 0 aliphatic carbocycles. The van der Waals surface area contributed by atoms with Crippen LogP contribution in [0.5, 0.6) is 0 Å². The summed E-state index contributed by atoms with van der Waals surface area (Å²) >= 11 is 0. The first kappa shape index (κ1) is 14.7. The lowest BCUT2D eigenvalue weighted by Crippen LogP contribution is -2.57. The van der Waals surface area contributed by atoms with Crippen molar-refractivity contribution in [2.45, 2.75) is 31.8 Å². The molecular formula is C14H22N2O2. The van der Waals surface area contributed by atoms with Gasteiger partial charge in [-0.15, -0.1) is 0 Å². The number of benzene rings is 1. The van der Waals surface area contributed by atoms with Crippen LogP contribution in [-0.2, 0) is 10.3 Å². The number of amides is 1. The van der Waals surface area contributed by atoms with E-state index in [2.05, 4.69) is 10.6 Å². The van der Waals surface area contributed by atoms with Gasteiger partial charge in [0.25, 0.3) is 0 Å². The van der Waals surface area contributed by atoms with Gasteiger partial charge in [0, 0.05) is 0 Å². The van der Waals surface area contributed by atoms with Crippen molar-refractivity contribution < 1.29 is 9.90 Å². The van der Waals surface area contributed by atoms with Gasteiger partial charge >= 0.3 is 0 Å². The summed E-state index contributed by atoms with van der Waals surface area (Å²) in [6.45, 7) is 5.25. The summed E-state index contributed by atoms with van der Waals surface area (Å²) in [6.07, 6.45) is 0. The molecule has 1 aromatic carbocycles. The van der Waals surface area contributed by atoms with Gasteiger partial charge in [-0.2, -0.15) is 0 Å². The number of nitrogens with one attached hydrogen (secondary N) is 2. The first-order chi connectivity index (χ1) is 8.35. The second-order valence-corrected chi connectivity index (χ2v) is 5.19. The average Bonchev–Trinajstić information content (AvgIpc) is 2.39. The van der Waals surface area contributed by atoms with Crippen molar-refractivity contribution in [2.24, 2.45) is 0 Å². The number of carbonyl (C=O) groups is 1. The normalized spacial score (nSPS) is 14.9. The third-order valence-corrected chi connectivity index (χ3v) is 3.31. The van der Waals surface area contributed by atoms with Gasteiger partial charge in [0.1, 0.15) is 0 Å². The highest BCUT2D eigenvalue weighted by Crippen LogP contribution is 2.20. The number of aliphatic hydroxyl groups excluding tert-OH is 1. The molecule has 0 fully saturated rings. The maximum atomic E-state index is 12.2. The zero-order chi connectivity index (χ0) is 13.8. The third kappa shape index (κ3) is 3.09. The number of hydrogen-bond acceptors (Lipinski definition) is 3. The van der Waals surface area contributed by atoms with Crippen LogP contribution >= 0.6 is 0 Å². The van der Waals surface area contributed by atoms with Gasteiger partial charge in [-0.25, -0.2) is 0 Å². The Bertz CT molecular complexity index is 404. The molecule has 0 heterocycles. The fourth-order valence-electron chi connectivity index (χ4n) is 1.53. The van der Waals surface area contributed by atoms with E-state index in [4.69, 9.17) is 0 Å². The van der Waals surface area contributed by atoms with E-state index in [-0.39, 0.29) is 12.5 Å². The number of rotatable bonds is 5. The zero-order valence-electron chi connectivity index (χ0n) is 11.4. The van der Waals surface area contributed by atoms with Crippen molar-refractivity contribution in [3.8, 4) is 0 Å². The molecule has 0 bridgehead atoms. The van der Waals surface area contributed by atoms with E-state index in [1.165, 1.54) is 0 Å². The molecule has 0 aliphatic heterocycles. The highest BCUT2D eigenvalue weighted by Gasteiger charge is 2.33. The van der Waals surface area contributed by atoms with Crippen molar-refractivity contribution in [1.82, 2.24) is 10.6 Å². The molecule has 1 amide bonds. The Hall–Kier alpha value is -1.39. The summed E-state index contributed by atoms with van der Waals surface area (Å²) in [4.78, 5) is 12.2. The van der Waals surface area contributed by atoms with Crippen LogP contribution in [0.25, 0.3) is 0 Å². The van der Waals surface area contributed by atoms with Gasteiger partial charge in [0.15, 0.2) is 0 Å². The Balaban J connectivity index is 2.95. The van der Waals surface area contributed by atoms with Crippen LogP contribution in [0.1, 0.15) is 26.3 Å². The first-order valence-corrected chi connectivity index (χ1v) is 6.03. The second kappa shape index (κ2) is 5.50. The Morgan fingerprint density at radius 3 is 2.22 bits per heavy atom. The van der Waals surface area contributed by atoms with Crippen molar-refractivity contribution in [3.63, 3.8) is 0 Å². The Morgan fingerprint density at radius 2 is 1.78 bits per heavy atom. The monoisotopic (exact) mass is 250 g/mol. The maximum Gasteiger partial charge on any atom is 0.240 e. The number of hydrogen-bond donors (Lipinski definition) is 3. The summed E-state index contributed by atoms with van der Waals surface area (Å²) in [5, 5.41) is 15.4. The van der Waals surface area contributed by atoms with Gasteiger partial charge in [-0.05, 0) is 33.4 Å². The molecule has 1 atom stereocenters. The summed E-state index contributed by atoms with van der Waals surface area (Å²) < 4.78 is 0. The number of likely N-dealkylation sites (N-methyl/N-ethyl adjacent to an activating group) is 1. The van der Waals surface area contributed by atoms with Crippen molar-refractivity contribution in [2.75, 3.05) is 13.7 Å². The molecule has 0 radical (unpaired) electrons. The van der Waals surface area contributed by atoms with Crippen molar-refractivity contribution >= 4 is 5.91 Å². The molecule has 4 heteroatoms. The van der Waals surface area contributed by atoms with E-state index in [1.807, 2.05) is 37.3 Å². The summed E-state index contributed by atoms with van der Waals surface area (Å²) in [7, 11) is 1.73. The quantitative estimate of drug-likeness (QED) is 0.731. The van der Waals surface area contributed by atoms with Crippen LogP contribution in [-0.4, -0.2) is 30.2 Å². The van der Waals surface area contributed by atoms with Gasteiger partial charge < -0.3 is 15.7 Å². The highest BCUT2D eigenvalue weighted by atomic mass is 16.3. The van der Waals surface area contributed by atoms with E-state index in [9.17, 15) is 9.90 Å². The molecule has 0 aliphatic rings. The van der Waals surface area contributed by atoms with Crippen LogP contribution in [0.15, 0.2) is 30.3 Å². The molecule has 3 N–H and O–H groups in total. The minimum atomic E-state index is -0.771. The third-order valence-electron chi connectivity index (χ3n) is 3.31. The zero-order valence-corrected chi connectivity index (χ0v) is 11.4. The standard InChI is InChI=1S/C14H22N2O2/c1-13(2,15-4)12(18)16-14(3,10-17)11-8-6-5-7-9-11/h5-9,15,17H,10H2,1-4H3,(H,16,18). The molecule has 18 heavy (non-hydrogen) atoms. The lowest BCUT2D eigenvalue weighted by atomic mass is 9.91. The SMILES string of the molecule is CNC(C)(C)C(=O)NC(C)(CO)c1ccccc1. The van der Waals surface area contributed by atoms with Crippen LogP contribution in [0, 0.1) is 0 Å². The van der Waals surface area contributed by atoms with Crippen LogP contribution in [0.4, 0.5) is 0 Å². The summed E-state index contributed by atoms with van der Waals surface area (Å²) in [5.74, 6) is -0.148. The van der Waals surface area contributed by atoms with E-state index in [0.717, 1.165) is 5.56 Å². The Labute approximate surface area is 108 Å². The van der Waals surface area contributed by atoms with E-state index < -0.39 is 11.1 Å².